The van der Waals surface area contributed by atoms with Crippen molar-refractivity contribution in [1.82, 2.24) is 0 Å². The SMILES string of the molecule is CC1OC(CC(CC(=O)CCl)c2cccc(F)c2)O1. The molecule has 0 aliphatic carbocycles. The molecule has 0 amide bonds. The van der Waals surface area contributed by atoms with Crippen LogP contribution in [0.3, 0.4) is 0 Å². The molecular weight excluding hydrogens is 271 g/mol. The van der Waals surface area contributed by atoms with Gasteiger partial charge in [-0.15, -0.1) is 11.6 Å². The number of ketones is 1. The van der Waals surface area contributed by atoms with Crippen LogP contribution >= 0.6 is 11.6 Å². The lowest BCUT2D eigenvalue weighted by Crippen LogP contribution is -2.39. The Balaban J connectivity index is 2.06. The van der Waals surface area contributed by atoms with Crippen LogP contribution in [0.1, 0.15) is 31.2 Å². The van der Waals surface area contributed by atoms with Crippen molar-refractivity contribution in [2.24, 2.45) is 0 Å². The number of carbonyl (C=O) groups excluding carboxylic acids is 1. The predicted molar refractivity (Wildman–Crippen MR) is 69.5 cm³/mol. The van der Waals surface area contributed by atoms with Gasteiger partial charge in [-0.2, -0.15) is 0 Å². The number of hydrogen-bond acceptors (Lipinski definition) is 3. The highest BCUT2D eigenvalue weighted by Crippen LogP contribution is 2.31. The number of benzene rings is 1. The molecule has 5 heteroatoms. The Kier molecular flexibility index (Phi) is 4.91. The molecule has 1 aromatic rings. The Labute approximate surface area is 116 Å². The Hall–Kier alpha value is -0.970. The van der Waals surface area contributed by atoms with E-state index < -0.39 is 0 Å². The molecule has 1 unspecified atom stereocenters. The van der Waals surface area contributed by atoms with Crippen molar-refractivity contribution < 1.29 is 18.7 Å². The zero-order chi connectivity index (χ0) is 13.8. The second-order valence-electron chi connectivity index (χ2n) is 4.63. The number of hydrogen-bond donors (Lipinski definition) is 0. The molecule has 1 atom stereocenters. The van der Waals surface area contributed by atoms with Crippen molar-refractivity contribution in [3.05, 3.63) is 35.6 Å². The Morgan fingerprint density at radius 2 is 2.21 bits per heavy atom. The Bertz CT molecular complexity index is 446. The summed E-state index contributed by atoms with van der Waals surface area (Å²) in [7, 11) is 0. The van der Waals surface area contributed by atoms with E-state index in [1.165, 1.54) is 12.1 Å². The Morgan fingerprint density at radius 3 is 2.79 bits per heavy atom. The van der Waals surface area contributed by atoms with Crippen LogP contribution in [0.5, 0.6) is 0 Å². The van der Waals surface area contributed by atoms with Gasteiger partial charge >= 0.3 is 0 Å². The van der Waals surface area contributed by atoms with Gasteiger partial charge in [0.25, 0.3) is 0 Å². The minimum Gasteiger partial charge on any atom is -0.324 e. The van der Waals surface area contributed by atoms with Gasteiger partial charge in [0.2, 0.25) is 0 Å². The normalized spacial score (nSPS) is 23.7. The lowest BCUT2D eigenvalue weighted by molar-refractivity contribution is -0.378. The molecule has 2 rings (SSSR count). The van der Waals surface area contributed by atoms with E-state index in [2.05, 4.69) is 0 Å². The number of alkyl halides is 1. The second-order valence-corrected chi connectivity index (χ2v) is 4.90. The van der Waals surface area contributed by atoms with E-state index in [0.29, 0.717) is 6.42 Å². The fourth-order valence-corrected chi connectivity index (χ4v) is 2.32. The maximum Gasteiger partial charge on any atom is 0.164 e. The van der Waals surface area contributed by atoms with Crippen LogP contribution in [0.15, 0.2) is 24.3 Å². The monoisotopic (exact) mass is 286 g/mol. The van der Waals surface area contributed by atoms with Gasteiger partial charge in [-0.3, -0.25) is 4.79 Å². The first-order valence-corrected chi connectivity index (χ1v) is 6.76. The molecule has 0 saturated carbocycles. The first kappa shape index (κ1) is 14.4. The van der Waals surface area contributed by atoms with Gasteiger partial charge < -0.3 is 9.47 Å². The third-order valence-electron chi connectivity index (χ3n) is 3.11. The van der Waals surface area contributed by atoms with Crippen LogP contribution in [-0.2, 0) is 14.3 Å². The minimum atomic E-state index is -0.327. The smallest absolute Gasteiger partial charge is 0.164 e. The van der Waals surface area contributed by atoms with E-state index >= 15 is 0 Å². The molecule has 1 aliphatic rings. The molecule has 0 N–H and O–H groups in total. The highest BCUT2D eigenvalue weighted by Gasteiger charge is 2.30. The fraction of sp³-hybridized carbons (Fsp3) is 0.500. The number of Topliss-reactive ketones (excluding diaryl/α,β-unsaturated/α-hetero) is 1. The van der Waals surface area contributed by atoms with Crippen LogP contribution < -0.4 is 0 Å². The van der Waals surface area contributed by atoms with E-state index in [-0.39, 0.29) is 42.4 Å². The van der Waals surface area contributed by atoms with Gasteiger partial charge in [-0.1, -0.05) is 12.1 Å². The van der Waals surface area contributed by atoms with Crippen molar-refractivity contribution in [3.63, 3.8) is 0 Å². The standard InChI is InChI=1S/C14H16ClFO3/c1-9-18-14(19-9)7-11(6-13(17)8-15)10-3-2-4-12(16)5-10/h2-5,9,11,14H,6-8H2,1H3. The molecule has 0 aromatic heterocycles. The van der Waals surface area contributed by atoms with Crippen LogP contribution in [-0.4, -0.2) is 24.2 Å². The molecule has 0 radical (unpaired) electrons. The number of carbonyl (C=O) groups is 1. The molecule has 1 aliphatic heterocycles. The summed E-state index contributed by atoms with van der Waals surface area (Å²) in [6, 6.07) is 6.25. The number of ether oxygens (including phenoxy) is 2. The van der Waals surface area contributed by atoms with Crippen molar-refractivity contribution in [1.29, 1.82) is 0 Å². The highest BCUT2D eigenvalue weighted by atomic mass is 35.5. The van der Waals surface area contributed by atoms with Gasteiger partial charge in [0.1, 0.15) is 11.6 Å². The summed E-state index contributed by atoms with van der Waals surface area (Å²) in [5.41, 5.74) is 0.769. The predicted octanol–water partition coefficient (Wildman–Crippen LogP) is 3.22. The topological polar surface area (TPSA) is 35.5 Å². The van der Waals surface area contributed by atoms with E-state index in [0.717, 1.165) is 5.56 Å². The van der Waals surface area contributed by atoms with Gasteiger partial charge in [-0.25, -0.2) is 4.39 Å². The van der Waals surface area contributed by atoms with E-state index in [1.54, 1.807) is 19.1 Å². The molecule has 1 saturated heterocycles. The molecule has 19 heavy (non-hydrogen) atoms. The minimum absolute atomic E-state index is 0.0331. The summed E-state index contributed by atoms with van der Waals surface area (Å²) >= 11 is 5.54. The summed E-state index contributed by atoms with van der Waals surface area (Å²) < 4.78 is 24.0. The van der Waals surface area contributed by atoms with Gasteiger partial charge in [0.05, 0.1) is 5.88 Å². The van der Waals surface area contributed by atoms with E-state index in [9.17, 15) is 9.18 Å². The maximum atomic E-state index is 13.3. The fourth-order valence-electron chi connectivity index (χ4n) is 2.21. The zero-order valence-electron chi connectivity index (χ0n) is 10.6. The molecule has 1 fully saturated rings. The van der Waals surface area contributed by atoms with Crippen LogP contribution in [0, 0.1) is 5.82 Å². The largest absolute Gasteiger partial charge is 0.324 e. The zero-order valence-corrected chi connectivity index (χ0v) is 11.4. The van der Waals surface area contributed by atoms with Crippen LogP contribution in [0.4, 0.5) is 4.39 Å². The Morgan fingerprint density at radius 1 is 1.47 bits per heavy atom. The molecule has 3 nitrogen and oxygen atoms in total. The van der Waals surface area contributed by atoms with Gasteiger partial charge in [0.15, 0.2) is 12.6 Å². The van der Waals surface area contributed by atoms with Crippen molar-refractivity contribution in [3.8, 4) is 0 Å². The first-order chi connectivity index (χ1) is 9.08. The van der Waals surface area contributed by atoms with Crippen LogP contribution in [0.25, 0.3) is 0 Å². The van der Waals surface area contributed by atoms with Gasteiger partial charge in [0, 0.05) is 12.8 Å². The summed E-state index contributed by atoms with van der Waals surface area (Å²) in [4.78, 5) is 11.5. The molecule has 1 heterocycles. The maximum absolute atomic E-state index is 13.3. The third-order valence-corrected chi connectivity index (χ3v) is 3.41. The van der Waals surface area contributed by atoms with E-state index in [4.69, 9.17) is 21.1 Å². The summed E-state index contributed by atoms with van der Waals surface area (Å²) in [6.07, 6.45) is 0.259. The third kappa shape index (κ3) is 4.00. The molecule has 104 valence electrons. The average molecular weight is 287 g/mol. The second kappa shape index (κ2) is 6.46. The molecule has 1 aromatic carbocycles. The van der Waals surface area contributed by atoms with E-state index in [1.807, 2.05) is 0 Å². The van der Waals surface area contributed by atoms with Crippen molar-refractivity contribution in [2.45, 2.75) is 38.3 Å². The first-order valence-electron chi connectivity index (χ1n) is 6.22. The summed E-state index contributed by atoms with van der Waals surface area (Å²) in [5.74, 6) is -0.554. The quantitative estimate of drug-likeness (QED) is 0.753. The number of halogens is 2. The molecule has 0 bridgehead atoms. The molecule has 0 spiro atoms. The molecular formula is C14H16ClFO3. The van der Waals surface area contributed by atoms with Gasteiger partial charge in [-0.05, 0) is 30.5 Å². The van der Waals surface area contributed by atoms with Crippen LogP contribution in [0.2, 0.25) is 0 Å². The van der Waals surface area contributed by atoms with Crippen molar-refractivity contribution >= 4 is 17.4 Å². The lowest BCUT2D eigenvalue weighted by Gasteiger charge is -2.36. The highest BCUT2D eigenvalue weighted by molar-refractivity contribution is 6.27. The summed E-state index contributed by atoms with van der Waals surface area (Å²) in [5, 5.41) is 0. The lowest BCUT2D eigenvalue weighted by atomic mass is 9.90. The van der Waals surface area contributed by atoms with Crippen molar-refractivity contribution in [2.75, 3.05) is 5.88 Å². The average Bonchev–Trinajstić information content (AvgIpc) is 2.35. The number of rotatable bonds is 6. The summed E-state index contributed by atoms with van der Waals surface area (Å²) in [6.45, 7) is 1.80.